The number of ether oxygens (including phenoxy) is 1. The fraction of sp³-hybridized carbons (Fsp3) is 0.200. The summed E-state index contributed by atoms with van der Waals surface area (Å²) in [6.45, 7) is 5.82. The van der Waals surface area contributed by atoms with E-state index in [1.807, 2.05) is 6.92 Å². The van der Waals surface area contributed by atoms with Crippen LogP contribution in [-0.4, -0.2) is 6.61 Å². The standard InChI is InChI=1S/C10H10ClFO/c1-3-7-9(13-4-2)6-5-8(11)10(7)12/h3,5-6H,1,4H2,2H3. The Morgan fingerprint density at radius 1 is 1.62 bits per heavy atom. The highest BCUT2D eigenvalue weighted by Gasteiger charge is 2.09. The Morgan fingerprint density at radius 2 is 2.31 bits per heavy atom. The van der Waals surface area contributed by atoms with Gasteiger partial charge in [-0.05, 0) is 19.1 Å². The topological polar surface area (TPSA) is 9.23 Å². The lowest BCUT2D eigenvalue weighted by Gasteiger charge is -2.08. The Hall–Kier alpha value is -1.02. The molecule has 3 heteroatoms. The fourth-order valence-corrected chi connectivity index (χ4v) is 1.18. The van der Waals surface area contributed by atoms with Crippen LogP contribution in [0.3, 0.4) is 0 Å². The highest BCUT2D eigenvalue weighted by molar-refractivity contribution is 6.30. The molecule has 1 rings (SSSR count). The summed E-state index contributed by atoms with van der Waals surface area (Å²) in [4.78, 5) is 0. The number of rotatable bonds is 3. The van der Waals surface area contributed by atoms with Crippen molar-refractivity contribution < 1.29 is 9.13 Å². The molecule has 13 heavy (non-hydrogen) atoms. The van der Waals surface area contributed by atoms with Crippen LogP contribution in [0.1, 0.15) is 12.5 Å². The Balaban J connectivity index is 3.21. The molecule has 1 aromatic carbocycles. The van der Waals surface area contributed by atoms with Crippen LogP contribution in [0.2, 0.25) is 5.02 Å². The van der Waals surface area contributed by atoms with Crippen LogP contribution < -0.4 is 4.74 Å². The van der Waals surface area contributed by atoms with Gasteiger partial charge in [-0.2, -0.15) is 0 Å². The lowest BCUT2D eigenvalue weighted by molar-refractivity contribution is 0.337. The predicted octanol–water partition coefficient (Wildman–Crippen LogP) is 3.52. The van der Waals surface area contributed by atoms with E-state index in [0.29, 0.717) is 17.9 Å². The SMILES string of the molecule is C=Cc1c(OCC)ccc(Cl)c1F. The molecule has 1 aromatic rings. The van der Waals surface area contributed by atoms with Gasteiger partial charge in [0, 0.05) is 0 Å². The Morgan fingerprint density at radius 3 is 2.85 bits per heavy atom. The van der Waals surface area contributed by atoms with Crippen LogP contribution in [0, 0.1) is 5.82 Å². The van der Waals surface area contributed by atoms with E-state index in [1.54, 1.807) is 6.07 Å². The number of benzene rings is 1. The van der Waals surface area contributed by atoms with Crippen LogP contribution in [0.5, 0.6) is 5.75 Å². The van der Waals surface area contributed by atoms with Gasteiger partial charge in [-0.15, -0.1) is 0 Å². The average molecular weight is 201 g/mol. The third-order valence-corrected chi connectivity index (χ3v) is 1.89. The van der Waals surface area contributed by atoms with E-state index in [4.69, 9.17) is 16.3 Å². The summed E-state index contributed by atoms with van der Waals surface area (Å²) < 4.78 is 18.5. The lowest BCUT2D eigenvalue weighted by Crippen LogP contribution is -1.96. The molecule has 1 nitrogen and oxygen atoms in total. The Bertz CT molecular complexity index is 323. The van der Waals surface area contributed by atoms with E-state index in [-0.39, 0.29) is 5.02 Å². The van der Waals surface area contributed by atoms with Crippen LogP contribution in [0.25, 0.3) is 6.08 Å². The van der Waals surface area contributed by atoms with E-state index in [1.165, 1.54) is 12.1 Å². The molecule has 0 N–H and O–H groups in total. The van der Waals surface area contributed by atoms with E-state index in [0.717, 1.165) is 0 Å². The molecule has 0 aliphatic heterocycles. The minimum atomic E-state index is -0.484. The number of hydrogen-bond acceptors (Lipinski definition) is 1. The van der Waals surface area contributed by atoms with Crippen molar-refractivity contribution in [2.45, 2.75) is 6.92 Å². The molecular weight excluding hydrogens is 191 g/mol. The largest absolute Gasteiger partial charge is 0.493 e. The maximum Gasteiger partial charge on any atom is 0.152 e. The van der Waals surface area contributed by atoms with E-state index < -0.39 is 5.82 Å². The maximum atomic E-state index is 13.3. The van der Waals surface area contributed by atoms with Crippen molar-refractivity contribution in [3.8, 4) is 5.75 Å². The van der Waals surface area contributed by atoms with Crippen LogP contribution in [0.15, 0.2) is 18.7 Å². The first-order chi connectivity index (χ1) is 6.20. The third kappa shape index (κ3) is 2.01. The van der Waals surface area contributed by atoms with Gasteiger partial charge in [0.25, 0.3) is 0 Å². The monoisotopic (exact) mass is 200 g/mol. The van der Waals surface area contributed by atoms with Gasteiger partial charge in [-0.3, -0.25) is 0 Å². The molecule has 0 aromatic heterocycles. The zero-order valence-electron chi connectivity index (χ0n) is 7.31. The molecule has 0 amide bonds. The molecule has 0 bridgehead atoms. The predicted molar refractivity (Wildman–Crippen MR) is 52.7 cm³/mol. The first-order valence-electron chi connectivity index (χ1n) is 3.94. The molecule has 0 radical (unpaired) electrons. The second kappa shape index (κ2) is 4.28. The van der Waals surface area contributed by atoms with Crippen LogP contribution >= 0.6 is 11.6 Å². The summed E-state index contributed by atoms with van der Waals surface area (Å²) in [5, 5.41) is 0.0818. The molecule has 0 spiro atoms. The number of hydrogen-bond donors (Lipinski definition) is 0. The quantitative estimate of drug-likeness (QED) is 0.726. The van der Waals surface area contributed by atoms with Gasteiger partial charge in [0.05, 0.1) is 17.2 Å². The van der Waals surface area contributed by atoms with Gasteiger partial charge < -0.3 is 4.74 Å². The normalized spacial score (nSPS) is 9.77. The van der Waals surface area contributed by atoms with Gasteiger partial charge >= 0.3 is 0 Å². The molecule has 0 fully saturated rings. The first kappa shape index (κ1) is 10.1. The molecule has 0 aliphatic rings. The van der Waals surface area contributed by atoms with E-state index >= 15 is 0 Å². The van der Waals surface area contributed by atoms with Crippen molar-refractivity contribution in [1.82, 2.24) is 0 Å². The van der Waals surface area contributed by atoms with Crippen LogP contribution in [-0.2, 0) is 0 Å². The third-order valence-electron chi connectivity index (χ3n) is 1.60. The fourth-order valence-electron chi connectivity index (χ4n) is 1.02. The van der Waals surface area contributed by atoms with Crippen molar-refractivity contribution in [1.29, 1.82) is 0 Å². The Kier molecular flexibility index (Phi) is 3.32. The minimum absolute atomic E-state index is 0.0818. The van der Waals surface area contributed by atoms with E-state index in [2.05, 4.69) is 6.58 Å². The molecule has 0 atom stereocenters. The van der Waals surface area contributed by atoms with Gasteiger partial charge in [0.2, 0.25) is 0 Å². The summed E-state index contributed by atoms with van der Waals surface area (Å²) in [7, 11) is 0. The minimum Gasteiger partial charge on any atom is -0.493 e. The average Bonchev–Trinajstić information content (AvgIpc) is 2.12. The molecule has 0 saturated heterocycles. The summed E-state index contributed by atoms with van der Waals surface area (Å²) in [6.07, 6.45) is 1.40. The summed E-state index contributed by atoms with van der Waals surface area (Å²) in [6, 6.07) is 3.10. The molecule has 0 heterocycles. The lowest BCUT2D eigenvalue weighted by atomic mass is 10.2. The molecular formula is C10H10ClFO. The second-order valence-electron chi connectivity index (χ2n) is 2.41. The molecule has 70 valence electrons. The van der Waals surface area contributed by atoms with Gasteiger partial charge in [-0.1, -0.05) is 24.3 Å². The molecule has 0 aliphatic carbocycles. The second-order valence-corrected chi connectivity index (χ2v) is 2.82. The zero-order valence-corrected chi connectivity index (χ0v) is 8.07. The first-order valence-corrected chi connectivity index (χ1v) is 4.31. The smallest absolute Gasteiger partial charge is 0.152 e. The van der Waals surface area contributed by atoms with Crippen molar-refractivity contribution in [3.63, 3.8) is 0 Å². The van der Waals surface area contributed by atoms with Crippen molar-refractivity contribution in [2.75, 3.05) is 6.61 Å². The van der Waals surface area contributed by atoms with E-state index in [9.17, 15) is 4.39 Å². The highest BCUT2D eigenvalue weighted by atomic mass is 35.5. The molecule has 0 unspecified atom stereocenters. The number of halogens is 2. The van der Waals surface area contributed by atoms with Gasteiger partial charge in [0.15, 0.2) is 5.82 Å². The van der Waals surface area contributed by atoms with Crippen molar-refractivity contribution in [3.05, 3.63) is 35.1 Å². The Labute approximate surface area is 81.8 Å². The van der Waals surface area contributed by atoms with Crippen molar-refractivity contribution >= 4 is 17.7 Å². The van der Waals surface area contributed by atoms with Crippen molar-refractivity contribution in [2.24, 2.45) is 0 Å². The summed E-state index contributed by atoms with van der Waals surface area (Å²) >= 11 is 5.59. The summed E-state index contributed by atoms with van der Waals surface area (Å²) in [5.41, 5.74) is 0.314. The summed E-state index contributed by atoms with van der Waals surface area (Å²) in [5.74, 6) is -0.0120. The maximum absolute atomic E-state index is 13.3. The molecule has 0 saturated carbocycles. The van der Waals surface area contributed by atoms with Crippen LogP contribution in [0.4, 0.5) is 4.39 Å². The zero-order chi connectivity index (χ0) is 9.84. The highest BCUT2D eigenvalue weighted by Crippen LogP contribution is 2.28. The van der Waals surface area contributed by atoms with Gasteiger partial charge in [-0.25, -0.2) is 4.39 Å². The van der Waals surface area contributed by atoms with Gasteiger partial charge in [0.1, 0.15) is 5.75 Å².